The number of fused-ring (bicyclic) bond motifs is 1. The van der Waals surface area contributed by atoms with Gasteiger partial charge in [-0.3, -0.25) is 5.10 Å². The Hall–Kier alpha value is -4.26. The first-order valence-corrected chi connectivity index (χ1v) is 11.8. The van der Waals surface area contributed by atoms with E-state index < -0.39 is 11.9 Å². The van der Waals surface area contributed by atoms with E-state index >= 15 is 0 Å². The number of nitrogens with zero attached hydrogens (tertiary/aromatic N) is 2. The van der Waals surface area contributed by atoms with Crippen LogP contribution < -0.4 is 4.74 Å². The molecule has 4 aromatic rings. The first-order chi connectivity index (χ1) is 17.4. The molecule has 182 valence electrons. The number of carboxylic acids is 1. The summed E-state index contributed by atoms with van der Waals surface area (Å²) in [4.78, 5) is 15.5. The number of H-pyrrole nitrogens is 1. The van der Waals surface area contributed by atoms with Crippen LogP contribution in [0.25, 0.3) is 28.1 Å². The van der Waals surface area contributed by atoms with E-state index in [0.29, 0.717) is 22.7 Å². The molecule has 2 aromatic heterocycles. The molecule has 0 radical (unpaired) electrons. The lowest BCUT2D eigenvalue weighted by atomic mass is 9.73. The first kappa shape index (κ1) is 23.5. The van der Waals surface area contributed by atoms with Gasteiger partial charge in [-0.2, -0.15) is 9.49 Å². The van der Waals surface area contributed by atoms with Crippen LogP contribution in [0, 0.1) is 18.8 Å². The molecule has 0 aliphatic heterocycles. The van der Waals surface area contributed by atoms with E-state index in [1.54, 1.807) is 13.2 Å². The third kappa shape index (κ3) is 4.52. The van der Waals surface area contributed by atoms with Gasteiger partial charge in [0.2, 0.25) is 11.8 Å². The van der Waals surface area contributed by atoms with Gasteiger partial charge in [0.05, 0.1) is 18.0 Å². The lowest BCUT2D eigenvalue weighted by molar-refractivity contribution is -0.131. The van der Waals surface area contributed by atoms with Gasteiger partial charge in [-0.05, 0) is 83.4 Å². The summed E-state index contributed by atoms with van der Waals surface area (Å²) in [5.74, 6) is -0.534. The molecule has 36 heavy (non-hydrogen) atoms. The number of carbonyl (C=O) groups is 1. The number of hydrogen-bond acceptors (Lipinski definition) is 4. The maximum absolute atomic E-state index is 14.5. The maximum Gasteiger partial charge on any atom is 0.328 e. The van der Waals surface area contributed by atoms with Gasteiger partial charge in [-0.1, -0.05) is 36.8 Å². The molecular weight excluding hydrogens is 457 g/mol. The van der Waals surface area contributed by atoms with Crippen LogP contribution in [0.15, 0.2) is 60.8 Å². The number of benzene rings is 2. The standard InChI is InChI=1S/C29H26FN3O3/c1-17-14-22(16-31-29(17)36-2)27(19-4-3-5-19)26(20-9-6-18(7-10-20)8-13-25(34)35)21-11-12-24-23(15-21)28(30)33-32-24/h6-16,19H,3-5H2,1-2H3,(H,32,33)(H,34,35)/b13-8+,27-26+. The lowest BCUT2D eigenvalue weighted by Gasteiger charge is -2.31. The average Bonchev–Trinajstić information content (AvgIpc) is 3.22. The lowest BCUT2D eigenvalue weighted by Crippen LogP contribution is -2.15. The molecule has 6 nitrogen and oxygen atoms in total. The van der Waals surface area contributed by atoms with Crippen molar-refractivity contribution in [3.8, 4) is 5.88 Å². The molecule has 0 unspecified atom stereocenters. The van der Waals surface area contributed by atoms with E-state index in [0.717, 1.165) is 64.3 Å². The van der Waals surface area contributed by atoms with Crippen LogP contribution >= 0.6 is 0 Å². The molecular formula is C29H26FN3O3. The smallest absolute Gasteiger partial charge is 0.328 e. The zero-order valence-corrected chi connectivity index (χ0v) is 20.1. The number of halogens is 1. The largest absolute Gasteiger partial charge is 0.481 e. The fraction of sp³-hybridized carbons (Fsp3) is 0.207. The number of ether oxygens (including phenoxy) is 1. The molecule has 0 spiro atoms. The van der Waals surface area contributed by atoms with Crippen molar-refractivity contribution < 1.29 is 19.0 Å². The summed E-state index contributed by atoms with van der Waals surface area (Å²) in [6.07, 6.45) is 7.80. The summed E-state index contributed by atoms with van der Waals surface area (Å²) < 4.78 is 19.9. The van der Waals surface area contributed by atoms with Gasteiger partial charge in [0.1, 0.15) is 0 Å². The van der Waals surface area contributed by atoms with Crippen molar-refractivity contribution in [2.75, 3.05) is 7.11 Å². The van der Waals surface area contributed by atoms with E-state index in [9.17, 15) is 9.18 Å². The quantitative estimate of drug-likeness (QED) is 0.303. The van der Waals surface area contributed by atoms with Gasteiger partial charge < -0.3 is 9.84 Å². The number of allylic oxidation sites excluding steroid dienone is 1. The molecule has 0 atom stereocenters. The topological polar surface area (TPSA) is 88.1 Å². The van der Waals surface area contributed by atoms with Crippen LogP contribution in [0.3, 0.4) is 0 Å². The van der Waals surface area contributed by atoms with Gasteiger partial charge in [-0.25, -0.2) is 9.78 Å². The number of aromatic amines is 1. The van der Waals surface area contributed by atoms with Gasteiger partial charge in [-0.15, -0.1) is 0 Å². The van der Waals surface area contributed by atoms with Crippen molar-refractivity contribution in [1.82, 2.24) is 15.2 Å². The van der Waals surface area contributed by atoms with E-state index in [1.807, 2.05) is 55.6 Å². The molecule has 2 aromatic carbocycles. The number of methoxy groups -OCH3 is 1. The normalized spacial score (nSPS) is 14.6. The molecule has 1 aliphatic rings. The molecule has 7 heteroatoms. The van der Waals surface area contributed by atoms with Crippen molar-refractivity contribution in [2.24, 2.45) is 5.92 Å². The summed E-state index contributed by atoms with van der Waals surface area (Å²) >= 11 is 0. The predicted octanol–water partition coefficient (Wildman–Crippen LogP) is 6.27. The fourth-order valence-corrected chi connectivity index (χ4v) is 4.74. The van der Waals surface area contributed by atoms with Gasteiger partial charge in [0.15, 0.2) is 0 Å². The Morgan fingerprint density at radius 1 is 1.11 bits per heavy atom. The van der Waals surface area contributed by atoms with Crippen LogP contribution in [0.1, 0.15) is 47.1 Å². The Balaban J connectivity index is 1.75. The predicted molar refractivity (Wildman–Crippen MR) is 138 cm³/mol. The highest BCUT2D eigenvalue weighted by molar-refractivity contribution is 6.01. The van der Waals surface area contributed by atoms with Crippen molar-refractivity contribution >= 4 is 34.1 Å². The summed E-state index contributed by atoms with van der Waals surface area (Å²) in [5.41, 5.74) is 7.31. The number of rotatable bonds is 7. The van der Waals surface area contributed by atoms with Crippen molar-refractivity contribution in [1.29, 1.82) is 0 Å². The molecule has 0 saturated heterocycles. The SMILES string of the molecule is COc1ncc(/C(=C(\c2ccc(/C=C/C(=O)O)cc2)c2ccc3n[nH]c(F)c3c2)C2CCC2)cc1C. The van der Waals surface area contributed by atoms with Crippen molar-refractivity contribution in [2.45, 2.75) is 26.2 Å². The second-order valence-corrected chi connectivity index (χ2v) is 9.03. The van der Waals surface area contributed by atoms with Crippen LogP contribution in [0.4, 0.5) is 4.39 Å². The van der Waals surface area contributed by atoms with E-state index in [-0.39, 0.29) is 0 Å². The Labute approximate surface area is 208 Å². The zero-order chi connectivity index (χ0) is 25.2. The van der Waals surface area contributed by atoms with Gasteiger partial charge in [0, 0.05) is 17.8 Å². The van der Waals surface area contributed by atoms with E-state index in [4.69, 9.17) is 9.84 Å². The number of carboxylic acid groups (broad SMARTS) is 1. The maximum atomic E-state index is 14.5. The third-order valence-electron chi connectivity index (χ3n) is 6.73. The third-order valence-corrected chi connectivity index (χ3v) is 6.73. The van der Waals surface area contributed by atoms with Crippen LogP contribution in [-0.2, 0) is 4.79 Å². The second kappa shape index (κ2) is 9.77. The summed E-state index contributed by atoms with van der Waals surface area (Å²) in [6.45, 7) is 1.98. The Morgan fingerprint density at radius 3 is 2.50 bits per heavy atom. The number of aromatic nitrogens is 3. The Kier molecular flexibility index (Phi) is 6.38. The number of pyridine rings is 1. The highest BCUT2D eigenvalue weighted by Crippen LogP contribution is 2.45. The second-order valence-electron chi connectivity index (χ2n) is 9.03. The summed E-state index contributed by atoms with van der Waals surface area (Å²) in [7, 11) is 1.61. The van der Waals surface area contributed by atoms with Crippen LogP contribution in [-0.4, -0.2) is 33.4 Å². The summed E-state index contributed by atoms with van der Waals surface area (Å²) in [5, 5.41) is 15.9. The van der Waals surface area contributed by atoms with E-state index in [1.165, 1.54) is 0 Å². The average molecular weight is 484 g/mol. The molecule has 2 heterocycles. The minimum absolute atomic E-state index is 0.339. The molecule has 5 rings (SSSR count). The summed E-state index contributed by atoms with van der Waals surface area (Å²) in [6, 6.07) is 15.5. The van der Waals surface area contributed by atoms with E-state index in [2.05, 4.69) is 21.2 Å². The Morgan fingerprint density at radius 2 is 1.86 bits per heavy atom. The molecule has 1 aliphatic carbocycles. The molecule has 1 saturated carbocycles. The number of nitrogens with one attached hydrogen (secondary N) is 1. The molecule has 0 bridgehead atoms. The zero-order valence-electron chi connectivity index (χ0n) is 20.1. The van der Waals surface area contributed by atoms with Gasteiger partial charge in [0.25, 0.3) is 0 Å². The minimum Gasteiger partial charge on any atom is -0.481 e. The number of hydrogen-bond donors (Lipinski definition) is 2. The number of aryl methyl sites for hydroxylation is 1. The molecule has 0 amide bonds. The highest BCUT2D eigenvalue weighted by atomic mass is 19.1. The number of aliphatic carboxylic acids is 1. The van der Waals surface area contributed by atoms with Crippen molar-refractivity contribution in [3.63, 3.8) is 0 Å². The minimum atomic E-state index is -0.996. The molecule has 2 N–H and O–H groups in total. The molecule has 1 fully saturated rings. The van der Waals surface area contributed by atoms with Crippen LogP contribution in [0.5, 0.6) is 5.88 Å². The highest BCUT2D eigenvalue weighted by Gasteiger charge is 2.28. The monoisotopic (exact) mass is 483 g/mol. The van der Waals surface area contributed by atoms with Crippen molar-refractivity contribution in [3.05, 3.63) is 94.6 Å². The first-order valence-electron chi connectivity index (χ1n) is 11.8. The Bertz CT molecular complexity index is 1500. The van der Waals surface area contributed by atoms with Gasteiger partial charge >= 0.3 is 5.97 Å². The fourth-order valence-electron chi connectivity index (χ4n) is 4.74. The van der Waals surface area contributed by atoms with Crippen LogP contribution in [0.2, 0.25) is 0 Å².